The van der Waals surface area contributed by atoms with Crippen molar-refractivity contribution in [2.24, 2.45) is 17.8 Å². The standard InChI is InChI=1S/C18H30N4O/c1-20-4-6-22(7-5-20)18(2-3-18)17(23)19-16-14-8-13-9-15(16)12-21(10-13)11-14/h13-16H,2-12H2,1H3,(H,19,23). The molecule has 0 aromatic rings. The van der Waals surface area contributed by atoms with Crippen LogP contribution < -0.4 is 5.32 Å². The Kier molecular flexibility index (Phi) is 3.30. The van der Waals surface area contributed by atoms with Gasteiger partial charge in [0.25, 0.3) is 0 Å². The highest BCUT2D eigenvalue weighted by molar-refractivity contribution is 5.89. The molecule has 128 valence electrons. The molecule has 5 nitrogen and oxygen atoms in total. The van der Waals surface area contributed by atoms with Crippen LogP contribution >= 0.6 is 0 Å². The minimum absolute atomic E-state index is 0.143. The zero-order chi connectivity index (χ0) is 15.6. The zero-order valence-electron chi connectivity index (χ0n) is 14.3. The fourth-order valence-corrected chi connectivity index (χ4v) is 5.97. The van der Waals surface area contributed by atoms with Crippen molar-refractivity contribution in [2.45, 2.75) is 37.3 Å². The van der Waals surface area contributed by atoms with Crippen LogP contribution in [0.3, 0.4) is 0 Å². The number of nitrogens with one attached hydrogen (secondary N) is 1. The Morgan fingerprint density at radius 1 is 1.00 bits per heavy atom. The van der Waals surface area contributed by atoms with E-state index >= 15 is 0 Å². The van der Waals surface area contributed by atoms with Crippen molar-refractivity contribution in [3.05, 3.63) is 0 Å². The van der Waals surface area contributed by atoms with Gasteiger partial charge in [-0.05, 0) is 50.5 Å². The predicted molar refractivity (Wildman–Crippen MR) is 89.1 cm³/mol. The molecule has 6 rings (SSSR count). The SMILES string of the molecule is CN1CCN(C2(C(=O)NC3C4CC5CC3CN(C5)C4)CC2)CC1. The molecule has 6 fully saturated rings. The number of likely N-dealkylation sites (N-methyl/N-ethyl adjacent to an activating group) is 1. The third kappa shape index (κ3) is 2.35. The summed E-state index contributed by atoms with van der Waals surface area (Å²) in [4.78, 5) is 20.6. The van der Waals surface area contributed by atoms with E-state index in [4.69, 9.17) is 0 Å². The number of nitrogens with zero attached hydrogens (tertiary/aromatic N) is 3. The molecule has 4 saturated heterocycles. The van der Waals surface area contributed by atoms with Crippen LogP contribution in [0.25, 0.3) is 0 Å². The normalized spacial score (nSPS) is 45.2. The van der Waals surface area contributed by atoms with Crippen molar-refractivity contribution in [1.29, 1.82) is 0 Å². The van der Waals surface area contributed by atoms with Gasteiger partial charge in [0.2, 0.25) is 5.91 Å². The van der Waals surface area contributed by atoms with Crippen molar-refractivity contribution in [1.82, 2.24) is 20.0 Å². The smallest absolute Gasteiger partial charge is 0.240 e. The summed E-state index contributed by atoms with van der Waals surface area (Å²) in [5, 5.41) is 3.55. The van der Waals surface area contributed by atoms with Crippen LogP contribution in [0, 0.1) is 17.8 Å². The molecule has 1 N–H and O–H groups in total. The van der Waals surface area contributed by atoms with Crippen LogP contribution in [0.2, 0.25) is 0 Å². The summed E-state index contributed by atoms with van der Waals surface area (Å²) in [5.41, 5.74) is -0.143. The molecule has 6 aliphatic rings. The summed E-state index contributed by atoms with van der Waals surface area (Å²) < 4.78 is 0. The predicted octanol–water partition coefficient (Wildman–Crippen LogP) is 0.223. The van der Waals surface area contributed by atoms with E-state index in [0.29, 0.717) is 23.8 Å². The Labute approximate surface area is 139 Å². The van der Waals surface area contributed by atoms with E-state index in [1.807, 2.05) is 0 Å². The summed E-state index contributed by atoms with van der Waals surface area (Å²) >= 11 is 0. The van der Waals surface area contributed by atoms with Crippen LogP contribution in [-0.4, -0.2) is 85.0 Å². The summed E-state index contributed by atoms with van der Waals surface area (Å²) in [5.74, 6) is 2.70. The van der Waals surface area contributed by atoms with Gasteiger partial charge in [-0.1, -0.05) is 0 Å². The van der Waals surface area contributed by atoms with Gasteiger partial charge >= 0.3 is 0 Å². The first kappa shape index (κ1) is 14.7. The molecule has 2 atom stereocenters. The lowest BCUT2D eigenvalue weighted by molar-refractivity contribution is -0.133. The molecule has 4 heterocycles. The van der Waals surface area contributed by atoms with Gasteiger partial charge in [0.05, 0.1) is 0 Å². The third-order valence-electron chi connectivity index (χ3n) is 7.34. The maximum atomic E-state index is 13.1. The second-order valence-electron chi connectivity index (χ2n) is 8.90. The van der Waals surface area contributed by atoms with Crippen molar-refractivity contribution in [2.75, 3.05) is 52.9 Å². The topological polar surface area (TPSA) is 38.8 Å². The molecule has 2 saturated carbocycles. The zero-order valence-corrected chi connectivity index (χ0v) is 14.3. The van der Waals surface area contributed by atoms with Crippen molar-refractivity contribution >= 4 is 5.91 Å². The quantitative estimate of drug-likeness (QED) is 0.808. The second-order valence-corrected chi connectivity index (χ2v) is 8.90. The van der Waals surface area contributed by atoms with Crippen LogP contribution in [0.15, 0.2) is 0 Å². The third-order valence-corrected chi connectivity index (χ3v) is 7.34. The molecule has 0 aromatic heterocycles. The summed E-state index contributed by atoms with van der Waals surface area (Å²) in [7, 11) is 2.18. The van der Waals surface area contributed by atoms with Gasteiger partial charge in [-0.15, -0.1) is 0 Å². The number of hydrogen-bond acceptors (Lipinski definition) is 4. The first-order valence-corrected chi connectivity index (χ1v) is 9.61. The molecule has 23 heavy (non-hydrogen) atoms. The minimum Gasteiger partial charge on any atom is -0.351 e. The Balaban J connectivity index is 1.27. The van der Waals surface area contributed by atoms with Gasteiger partial charge in [0.15, 0.2) is 0 Å². The molecule has 4 aliphatic heterocycles. The van der Waals surface area contributed by atoms with E-state index in [9.17, 15) is 4.79 Å². The molecule has 2 aliphatic carbocycles. The number of carbonyl (C=O) groups is 1. The van der Waals surface area contributed by atoms with Gasteiger partial charge in [-0.2, -0.15) is 0 Å². The lowest BCUT2D eigenvalue weighted by Crippen LogP contribution is -2.66. The average molecular weight is 318 g/mol. The summed E-state index contributed by atoms with van der Waals surface area (Å²) in [6.07, 6.45) is 4.83. The van der Waals surface area contributed by atoms with E-state index in [2.05, 4.69) is 27.1 Å². The molecular weight excluding hydrogens is 288 g/mol. The number of rotatable bonds is 3. The van der Waals surface area contributed by atoms with Gasteiger partial charge in [0.1, 0.15) is 5.54 Å². The van der Waals surface area contributed by atoms with Crippen molar-refractivity contribution < 1.29 is 4.79 Å². The lowest BCUT2D eigenvalue weighted by Gasteiger charge is -2.56. The highest BCUT2D eigenvalue weighted by atomic mass is 16.2. The minimum atomic E-state index is -0.143. The molecule has 0 aromatic carbocycles. The molecule has 1 amide bonds. The summed E-state index contributed by atoms with van der Waals surface area (Å²) in [6, 6.07) is 0.459. The van der Waals surface area contributed by atoms with E-state index in [-0.39, 0.29) is 5.54 Å². The number of piperazine rings is 1. The molecule has 2 unspecified atom stereocenters. The highest BCUT2D eigenvalue weighted by Gasteiger charge is 2.56. The number of amides is 1. The average Bonchev–Trinajstić information content (AvgIpc) is 3.32. The second kappa shape index (κ2) is 5.17. The fraction of sp³-hybridized carbons (Fsp3) is 0.944. The van der Waals surface area contributed by atoms with Crippen LogP contribution in [-0.2, 0) is 4.79 Å². The Morgan fingerprint density at radius 3 is 2.22 bits per heavy atom. The molecular formula is C18H30N4O. The maximum Gasteiger partial charge on any atom is 0.240 e. The number of piperidine rings is 3. The molecule has 0 spiro atoms. The lowest BCUT2D eigenvalue weighted by atomic mass is 9.65. The summed E-state index contributed by atoms with van der Waals surface area (Å²) in [6.45, 7) is 8.06. The molecule has 4 bridgehead atoms. The Morgan fingerprint density at radius 2 is 1.65 bits per heavy atom. The van der Waals surface area contributed by atoms with E-state index in [1.54, 1.807) is 0 Å². The van der Waals surface area contributed by atoms with Crippen LogP contribution in [0.1, 0.15) is 25.7 Å². The molecule has 5 heteroatoms. The monoisotopic (exact) mass is 318 g/mol. The van der Waals surface area contributed by atoms with Crippen LogP contribution in [0.5, 0.6) is 0 Å². The molecule has 0 radical (unpaired) electrons. The highest BCUT2D eigenvalue weighted by Crippen LogP contribution is 2.46. The van der Waals surface area contributed by atoms with Crippen molar-refractivity contribution in [3.8, 4) is 0 Å². The number of carbonyl (C=O) groups excluding carboxylic acids is 1. The van der Waals surface area contributed by atoms with E-state index in [1.165, 1.54) is 32.5 Å². The number of hydrogen-bond donors (Lipinski definition) is 1. The first-order valence-electron chi connectivity index (χ1n) is 9.61. The van der Waals surface area contributed by atoms with Gasteiger partial charge in [-0.25, -0.2) is 0 Å². The van der Waals surface area contributed by atoms with Gasteiger partial charge in [-0.3, -0.25) is 9.69 Å². The van der Waals surface area contributed by atoms with Gasteiger partial charge in [0, 0.05) is 51.9 Å². The maximum absolute atomic E-state index is 13.1. The van der Waals surface area contributed by atoms with E-state index < -0.39 is 0 Å². The fourth-order valence-electron chi connectivity index (χ4n) is 5.97. The Bertz CT molecular complexity index is 467. The Hall–Kier alpha value is -0.650. The van der Waals surface area contributed by atoms with E-state index in [0.717, 1.165) is 44.9 Å². The van der Waals surface area contributed by atoms with Crippen molar-refractivity contribution in [3.63, 3.8) is 0 Å². The largest absolute Gasteiger partial charge is 0.351 e. The van der Waals surface area contributed by atoms with Gasteiger partial charge < -0.3 is 15.1 Å². The van der Waals surface area contributed by atoms with Crippen LogP contribution in [0.4, 0.5) is 0 Å². The first-order chi connectivity index (χ1) is 11.1.